The normalized spacial score (nSPS) is 22.4. The molecule has 0 saturated carbocycles. The lowest BCUT2D eigenvalue weighted by Crippen LogP contribution is -2.41. The minimum atomic E-state index is 0.174. The average molecular weight is 262 g/mol. The number of benzene rings is 1. The van der Waals surface area contributed by atoms with Crippen molar-refractivity contribution in [2.45, 2.75) is 19.4 Å². The number of morpholine rings is 1. The second kappa shape index (κ2) is 5.80. The van der Waals surface area contributed by atoms with Crippen molar-refractivity contribution in [2.24, 2.45) is 0 Å². The molecule has 1 fully saturated rings. The number of hydrogen-bond donors (Lipinski definition) is 1. The minimum absolute atomic E-state index is 0.174. The molecule has 0 bridgehead atoms. The number of rotatable bonds is 4. The molecular weight excluding hydrogens is 240 g/mol. The Morgan fingerprint density at radius 1 is 1.47 bits per heavy atom. The largest absolute Gasteiger partial charge is 0.490 e. The van der Waals surface area contributed by atoms with Crippen LogP contribution in [0.3, 0.4) is 0 Å². The molecule has 2 heterocycles. The molecule has 1 saturated heterocycles. The summed E-state index contributed by atoms with van der Waals surface area (Å²) in [6.45, 7) is 7.61. The highest BCUT2D eigenvalue weighted by atomic mass is 16.5. The fourth-order valence-corrected chi connectivity index (χ4v) is 2.84. The zero-order valence-corrected chi connectivity index (χ0v) is 11.5. The van der Waals surface area contributed by atoms with E-state index in [2.05, 4.69) is 35.3 Å². The van der Waals surface area contributed by atoms with Crippen molar-refractivity contribution >= 4 is 5.69 Å². The van der Waals surface area contributed by atoms with Gasteiger partial charge in [0.1, 0.15) is 18.5 Å². The Morgan fingerprint density at radius 2 is 2.42 bits per heavy atom. The molecule has 1 atom stereocenters. The molecule has 0 aromatic heterocycles. The maximum Gasteiger partial charge on any atom is 0.124 e. The van der Waals surface area contributed by atoms with Crippen molar-refractivity contribution in [3.05, 3.63) is 23.8 Å². The molecule has 1 N–H and O–H groups in total. The van der Waals surface area contributed by atoms with E-state index in [-0.39, 0.29) is 6.10 Å². The quantitative estimate of drug-likeness (QED) is 0.890. The third-order valence-corrected chi connectivity index (χ3v) is 3.89. The van der Waals surface area contributed by atoms with E-state index in [0.29, 0.717) is 6.61 Å². The molecule has 4 heteroatoms. The van der Waals surface area contributed by atoms with Gasteiger partial charge in [0.15, 0.2) is 0 Å². The van der Waals surface area contributed by atoms with Gasteiger partial charge in [-0.05, 0) is 25.5 Å². The fourth-order valence-electron chi connectivity index (χ4n) is 2.84. The van der Waals surface area contributed by atoms with E-state index in [1.54, 1.807) is 0 Å². The summed E-state index contributed by atoms with van der Waals surface area (Å²) in [5.74, 6) is 1.03. The van der Waals surface area contributed by atoms with E-state index >= 15 is 0 Å². The monoisotopic (exact) mass is 262 g/mol. The molecule has 104 valence electrons. The smallest absolute Gasteiger partial charge is 0.124 e. The molecule has 2 aliphatic heterocycles. The Hall–Kier alpha value is -1.26. The average Bonchev–Trinajstić information content (AvgIpc) is 2.90. The van der Waals surface area contributed by atoms with Crippen molar-refractivity contribution in [1.29, 1.82) is 0 Å². The number of fused-ring (bicyclic) bond motifs is 1. The number of hydrogen-bond acceptors (Lipinski definition) is 4. The molecule has 0 radical (unpaired) electrons. The lowest BCUT2D eigenvalue weighted by atomic mass is 10.1. The van der Waals surface area contributed by atoms with Crippen LogP contribution in [-0.2, 0) is 11.2 Å². The van der Waals surface area contributed by atoms with E-state index in [1.807, 2.05) is 0 Å². The molecular formula is C15H22N2O2. The van der Waals surface area contributed by atoms with Crippen LogP contribution in [-0.4, -0.2) is 45.5 Å². The van der Waals surface area contributed by atoms with Gasteiger partial charge in [0.2, 0.25) is 0 Å². The van der Waals surface area contributed by atoms with Crippen LogP contribution in [0.2, 0.25) is 0 Å². The maximum atomic E-state index is 5.99. The number of nitrogens with one attached hydrogen (secondary N) is 1. The zero-order valence-electron chi connectivity index (χ0n) is 11.5. The second-order valence-electron chi connectivity index (χ2n) is 5.09. The number of anilines is 1. The van der Waals surface area contributed by atoms with Crippen molar-refractivity contribution in [2.75, 3.05) is 44.3 Å². The Bertz CT molecular complexity index is 430. The molecule has 0 spiro atoms. The molecule has 0 aliphatic carbocycles. The second-order valence-corrected chi connectivity index (χ2v) is 5.09. The van der Waals surface area contributed by atoms with Gasteiger partial charge >= 0.3 is 0 Å². The van der Waals surface area contributed by atoms with Gasteiger partial charge in [-0.15, -0.1) is 0 Å². The lowest BCUT2D eigenvalue weighted by molar-refractivity contribution is 0.0000531. The van der Waals surface area contributed by atoms with Crippen molar-refractivity contribution in [3.63, 3.8) is 0 Å². The minimum Gasteiger partial charge on any atom is -0.490 e. The van der Waals surface area contributed by atoms with E-state index in [0.717, 1.165) is 45.0 Å². The highest BCUT2D eigenvalue weighted by Gasteiger charge is 2.22. The fraction of sp³-hybridized carbons (Fsp3) is 0.600. The summed E-state index contributed by atoms with van der Waals surface area (Å²) < 4.78 is 11.7. The van der Waals surface area contributed by atoms with Crippen LogP contribution in [0.1, 0.15) is 12.5 Å². The van der Waals surface area contributed by atoms with Crippen molar-refractivity contribution in [1.82, 2.24) is 5.32 Å². The van der Waals surface area contributed by atoms with Gasteiger partial charge in [0, 0.05) is 37.4 Å². The van der Waals surface area contributed by atoms with E-state index < -0.39 is 0 Å². The number of ether oxygens (including phenoxy) is 2. The van der Waals surface area contributed by atoms with Crippen LogP contribution in [0.5, 0.6) is 5.75 Å². The van der Waals surface area contributed by atoms with Crippen LogP contribution in [0.15, 0.2) is 18.2 Å². The molecule has 1 aromatic carbocycles. The predicted octanol–water partition coefficient (Wildman–Crippen LogP) is 1.44. The standard InChI is InChI=1S/C15H22N2O2/c1-2-17-8-6-13-14(17)4-3-5-15(13)19-11-12-10-16-7-9-18-12/h3-5,12,16H,2,6-11H2,1H3. The van der Waals surface area contributed by atoms with Crippen LogP contribution < -0.4 is 15.0 Å². The van der Waals surface area contributed by atoms with Gasteiger partial charge < -0.3 is 19.7 Å². The summed E-state index contributed by atoms with van der Waals surface area (Å²) in [7, 11) is 0. The summed E-state index contributed by atoms with van der Waals surface area (Å²) in [5, 5.41) is 3.33. The first-order valence-corrected chi connectivity index (χ1v) is 7.20. The highest BCUT2D eigenvalue weighted by Crippen LogP contribution is 2.34. The van der Waals surface area contributed by atoms with Gasteiger partial charge in [0.25, 0.3) is 0 Å². The van der Waals surface area contributed by atoms with Crippen molar-refractivity contribution < 1.29 is 9.47 Å². The molecule has 0 amide bonds. The summed E-state index contributed by atoms with van der Waals surface area (Å²) in [6, 6.07) is 6.35. The van der Waals surface area contributed by atoms with Crippen LogP contribution in [0, 0.1) is 0 Å². The highest BCUT2D eigenvalue weighted by molar-refractivity contribution is 5.63. The Balaban J connectivity index is 1.66. The predicted molar refractivity (Wildman–Crippen MR) is 76.1 cm³/mol. The van der Waals surface area contributed by atoms with Crippen LogP contribution in [0.4, 0.5) is 5.69 Å². The molecule has 1 aromatic rings. The van der Waals surface area contributed by atoms with E-state index in [1.165, 1.54) is 11.3 Å². The SMILES string of the molecule is CCN1CCc2c(OCC3CNCCO3)cccc21. The molecule has 2 aliphatic rings. The van der Waals surface area contributed by atoms with E-state index in [4.69, 9.17) is 9.47 Å². The Kier molecular flexibility index (Phi) is 3.89. The van der Waals surface area contributed by atoms with Gasteiger partial charge in [-0.1, -0.05) is 6.07 Å². The summed E-state index contributed by atoms with van der Waals surface area (Å²) in [5.41, 5.74) is 2.69. The third kappa shape index (κ3) is 2.69. The maximum absolute atomic E-state index is 5.99. The van der Waals surface area contributed by atoms with Crippen LogP contribution >= 0.6 is 0 Å². The topological polar surface area (TPSA) is 33.7 Å². The van der Waals surface area contributed by atoms with Gasteiger partial charge in [-0.3, -0.25) is 0 Å². The summed E-state index contributed by atoms with van der Waals surface area (Å²) >= 11 is 0. The van der Waals surface area contributed by atoms with Gasteiger partial charge in [-0.25, -0.2) is 0 Å². The first kappa shape index (κ1) is 12.8. The molecule has 3 rings (SSSR count). The summed E-state index contributed by atoms with van der Waals surface area (Å²) in [4.78, 5) is 2.40. The Morgan fingerprint density at radius 3 is 3.21 bits per heavy atom. The van der Waals surface area contributed by atoms with Crippen molar-refractivity contribution in [3.8, 4) is 5.75 Å². The van der Waals surface area contributed by atoms with Crippen LogP contribution in [0.25, 0.3) is 0 Å². The van der Waals surface area contributed by atoms with E-state index in [9.17, 15) is 0 Å². The first-order chi connectivity index (χ1) is 9.38. The molecule has 4 nitrogen and oxygen atoms in total. The molecule has 19 heavy (non-hydrogen) atoms. The number of nitrogens with zero attached hydrogens (tertiary/aromatic N) is 1. The Labute approximate surface area is 114 Å². The lowest BCUT2D eigenvalue weighted by Gasteiger charge is -2.24. The molecule has 1 unspecified atom stereocenters. The first-order valence-electron chi connectivity index (χ1n) is 7.20. The van der Waals surface area contributed by atoms with Gasteiger partial charge in [-0.2, -0.15) is 0 Å². The number of likely N-dealkylation sites (N-methyl/N-ethyl adjacent to an activating group) is 1. The van der Waals surface area contributed by atoms with Gasteiger partial charge in [0.05, 0.1) is 6.61 Å². The zero-order chi connectivity index (χ0) is 13.1. The third-order valence-electron chi connectivity index (χ3n) is 3.89. The summed E-state index contributed by atoms with van der Waals surface area (Å²) in [6.07, 6.45) is 1.26.